The molecule has 0 amide bonds. The van der Waals surface area contributed by atoms with Crippen molar-refractivity contribution in [3.63, 3.8) is 0 Å². The third-order valence-electron chi connectivity index (χ3n) is 1.30. The fourth-order valence-corrected chi connectivity index (χ4v) is 0.883. The molecule has 3 heteroatoms. The molecule has 0 saturated heterocycles. The Balaban J connectivity index is 0.000000561. The van der Waals surface area contributed by atoms with E-state index >= 15 is 0 Å². The Morgan fingerprint density at radius 1 is 1.25 bits per heavy atom. The average molecular weight is 168 g/mol. The van der Waals surface area contributed by atoms with Gasteiger partial charge >= 0.3 is 0 Å². The second-order valence-corrected chi connectivity index (χ2v) is 2.36. The highest BCUT2D eigenvalue weighted by atomic mass is 17.0. The Morgan fingerprint density at radius 2 is 1.75 bits per heavy atom. The van der Waals surface area contributed by atoms with Crippen molar-refractivity contribution < 1.29 is 15.3 Å². The minimum atomic E-state index is 0.214. The molecule has 0 aliphatic carbocycles. The molecular formula is C9H12O3. The maximum Gasteiger partial charge on any atom is 0.134 e. The molecule has 2 N–H and O–H groups in total. The minimum absolute atomic E-state index is 0.214. The molecule has 12 heavy (non-hydrogen) atoms. The monoisotopic (exact) mass is 168 g/mol. The van der Waals surface area contributed by atoms with Crippen molar-refractivity contribution >= 4 is 5.78 Å². The molecule has 0 aliphatic heterocycles. The number of Topliss-reactive ketones (excluding diaryl/α,β-unsaturated/α-hetero) is 1. The fourth-order valence-electron chi connectivity index (χ4n) is 0.883. The summed E-state index contributed by atoms with van der Waals surface area (Å²) in [5.41, 5.74) is 1.09. The SMILES string of the molecule is CC(=O)Cc1ccccc1.OO. The first-order valence-electron chi connectivity index (χ1n) is 3.52. The second-order valence-electron chi connectivity index (χ2n) is 2.36. The van der Waals surface area contributed by atoms with Gasteiger partial charge in [-0.05, 0) is 12.5 Å². The molecule has 0 atom stereocenters. The molecule has 0 aliphatic rings. The van der Waals surface area contributed by atoms with E-state index in [-0.39, 0.29) is 5.78 Å². The molecule has 0 spiro atoms. The number of hydrogen-bond donors (Lipinski definition) is 2. The van der Waals surface area contributed by atoms with Gasteiger partial charge < -0.3 is 0 Å². The maximum absolute atomic E-state index is 10.6. The molecule has 0 bridgehead atoms. The lowest BCUT2D eigenvalue weighted by Gasteiger charge is -1.93. The van der Waals surface area contributed by atoms with Crippen LogP contribution in [0.2, 0.25) is 0 Å². The van der Waals surface area contributed by atoms with Crippen LogP contribution in [-0.4, -0.2) is 16.3 Å². The van der Waals surface area contributed by atoms with Gasteiger partial charge in [-0.25, -0.2) is 0 Å². The van der Waals surface area contributed by atoms with Crippen LogP contribution in [0.25, 0.3) is 0 Å². The van der Waals surface area contributed by atoms with Crippen LogP contribution in [0.4, 0.5) is 0 Å². The molecule has 3 nitrogen and oxygen atoms in total. The van der Waals surface area contributed by atoms with Gasteiger partial charge in [-0.1, -0.05) is 30.3 Å². The van der Waals surface area contributed by atoms with E-state index in [0.717, 1.165) is 5.56 Å². The van der Waals surface area contributed by atoms with Gasteiger partial charge in [-0.15, -0.1) is 0 Å². The first-order chi connectivity index (χ1) is 5.79. The lowest BCUT2D eigenvalue weighted by molar-refractivity contribution is -0.176. The molecule has 0 unspecified atom stereocenters. The summed E-state index contributed by atoms with van der Waals surface area (Å²) >= 11 is 0. The van der Waals surface area contributed by atoms with Gasteiger partial charge in [0.15, 0.2) is 0 Å². The summed E-state index contributed by atoms with van der Waals surface area (Å²) in [5, 5.41) is 12.0. The van der Waals surface area contributed by atoms with E-state index in [1.54, 1.807) is 6.92 Å². The summed E-state index contributed by atoms with van der Waals surface area (Å²) in [5.74, 6) is 0.214. The standard InChI is InChI=1S/C9H10O.H2O2/c1-8(10)7-9-5-3-2-4-6-9;1-2/h2-6H,7H2,1H3;1-2H. The van der Waals surface area contributed by atoms with Crippen molar-refractivity contribution in [1.82, 2.24) is 0 Å². The normalized spacial score (nSPS) is 8.25. The number of rotatable bonds is 2. The van der Waals surface area contributed by atoms with Crippen LogP contribution in [0.5, 0.6) is 0 Å². The predicted molar refractivity (Wildman–Crippen MR) is 46.1 cm³/mol. The first-order valence-corrected chi connectivity index (χ1v) is 3.52. The van der Waals surface area contributed by atoms with Gasteiger partial charge in [0, 0.05) is 6.42 Å². The summed E-state index contributed by atoms with van der Waals surface area (Å²) in [4.78, 5) is 10.6. The molecule has 1 aromatic carbocycles. The summed E-state index contributed by atoms with van der Waals surface area (Å²) < 4.78 is 0. The molecular weight excluding hydrogens is 156 g/mol. The van der Waals surface area contributed by atoms with E-state index in [9.17, 15) is 4.79 Å². The van der Waals surface area contributed by atoms with Gasteiger partial charge in [0.05, 0.1) is 0 Å². The van der Waals surface area contributed by atoms with Crippen molar-refractivity contribution in [3.05, 3.63) is 35.9 Å². The molecule has 0 heterocycles. The van der Waals surface area contributed by atoms with Crippen LogP contribution in [-0.2, 0) is 11.2 Å². The summed E-state index contributed by atoms with van der Waals surface area (Å²) in [6.45, 7) is 1.60. The van der Waals surface area contributed by atoms with Crippen LogP contribution >= 0.6 is 0 Å². The van der Waals surface area contributed by atoms with Crippen LogP contribution in [0.1, 0.15) is 12.5 Å². The van der Waals surface area contributed by atoms with Crippen LogP contribution < -0.4 is 0 Å². The maximum atomic E-state index is 10.6. The van der Waals surface area contributed by atoms with Crippen molar-refractivity contribution in [2.75, 3.05) is 0 Å². The molecule has 1 aromatic rings. The fraction of sp³-hybridized carbons (Fsp3) is 0.222. The third-order valence-corrected chi connectivity index (χ3v) is 1.30. The smallest absolute Gasteiger partial charge is 0.134 e. The Morgan fingerprint density at radius 3 is 2.17 bits per heavy atom. The highest BCUT2D eigenvalue weighted by molar-refractivity contribution is 5.78. The highest BCUT2D eigenvalue weighted by Gasteiger charge is 1.93. The van der Waals surface area contributed by atoms with Gasteiger partial charge in [-0.3, -0.25) is 15.3 Å². The number of benzene rings is 1. The molecule has 0 aromatic heterocycles. The Bertz CT molecular complexity index is 218. The molecule has 0 saturated carbocycles. The Labute approximate surface area is 71.2 Å². The first kappa shape index (κ1) is 10.8. The predicted octanol–water partition coefficient (Wildman–Crippen LogP) is 1.84. The summed E-state index contributed by atoms with van der Waals surface area (Å²) in [7, 11) is 0. The number of ketones is 1. The Kier molecular flexibility index (Phi) is 5.87. The zero-order valence-electron chi connectivity index (χ0n) is 6.90. The van der Waals surface area contributed by atoms with Crippen LogP contribution in [0.3, 0.4) is 0 Å². The van der Waals surface area contributed by atoms with Crippen LogP contribution in [0, 0.1) is 0 Å². The van der Waals surface area contributed by atoms with Crippen molar-refractivity contribution in [2.24, 2.45) is 0 Å². The lowest BCUT2D eigenvalue weighted by atomic mass is 10.1. The summed E-state index contributed by atoms with van der Waals surface area (Å²) in [6, 6.07) is 9.75. The zero-order chi connectivity index (χ0) is 9.40. The highest BCUT2D eigenvalue weighted by Crippen LogP contribution is 1.98. The molecule has 0 fully saturated rings. The topological polar surface area (TPSA) is 57.5 Å². The quantitative estimate of drug-likeness (QED) is 0.523. The molecule has 0 radical (unpaired) electrons. The van der Waals surface area contributed by atoms with Crippen molar-refractivity contribution in [3.8, 4) is 0 Å². The number of hydrogen-bond acceptors (Lipinski definition) is 3. The van der Waals surface area contributed by atoms with Crippen LogP contribution in [0.15, 0.2) is 30.3 Å². The lowest BCUT2D eigenvalue weighted by Crippen LogP contribution is -1.94. The van der Waals surface area contributed by atoms with E-state index < -0.39 is 0 Å². The number of carbonyl (C=O) groups is 1. The van der Waals surface area contributed by atoms with Gasteiger partial charge in [0.1, 0.15) is 5.78 Å². The van der Waals surface area contributed by atoms with E-state index in [4.69, 9.17) is 10.5 Å². The number of carbonyl (C=O) groups excluding carboxylic acids is 1. The second kappa shape index (κ2) is 6.52. The average Bonchev–Trinajstić information content (AvgIpc) is 2.08. The zero-order valence-corrected chi connectivity index (χ0v) is 6.90. The van der Waals surface area contributed by atoms with Crippen molar-refractivity contribution in [1.29, 1.82) is 0 Å². The molecule has 1 rings (SSSR count). The summed E-state index contributed by atoms with van der Waals surface area (Å²) in [6.07, 6.45) is 0.556. The minimum Gasteiger partial charge on any atom is -0.300 e. The largest absolute Gasteiger partial charge is 0.300 e. The molecule has 66 valence electrons. The van der Waals surface area contributed by atoms with E-state index in [1.807, 2.05) is 30.3 Å². The van der Waals surface area contributed by atoms with Gasteiger partial charge in [0.2, 0.25) is 0 Å². The van der Waals surface area contributed by atoms with Gasteiger partial charge in [0.25, 0.3) is 0 Å². The van der Waals surface area contributed by atoms with Gasteiger partial charge in [-0.2, -0.15) is 0 Å². The van der Waals surface area contributed by atoms with Crippen molar-refractivity contribution in [2.45, 2.75) is 13.3 Å². The Hall–Kier alpha value is -1.19. The van der Waals surface area contributed by atoms with E-state index in [2.05, 4.69) is 0 Å². The van der Waals surface area contributed by atoms with E-state index in [1.165, 1.54) is 0 Å². The third kappa shape index (κ3) is 4.60. The van der Waals surface area contributed by atoms with E-state index in [0.29, 0.717) is 6.42 Å².